The van der Waals surface area contributed by atoms with E-state index in [2.05, 4.69) is 31.5 Å². The van der Waals surface area contributed by atoms with E-state index in [1.807, 2.05) is 24.3 Å². The van der Waals surface area contributed by atoms with Crippen molar-refractivity contribution in [2.75, 3.05) is 13.1 Å². The molecule has 0 spiro atoms. The first-order chi connectivity index (χ1) is 11.1. The number of benzene rings is 1. The Kier molecular flexibility index (Phi) is 6.75. The minimum Gasteiger partial charge on any atom is -0.356 e. The van der Waals surface area contributed by atoms with Gasteiger partial charge < -0.3 is 10.6 Å². The summed E-state index contributed by atoms with van der Waals surface area (Å²) in [5.74, 6) is -0.176. The summed E-state index contributed by atoms with van der Waals surface area (Å²) in [5, 5.41) is 5.64. The van der Waals surface area contributed by atoms with E-state index >= 15 is 0 Å². The number of nitrogens with zero attached hydrogens (tertiary/aromatic N) is 1. The van der Waals surface area contributed by atoms with Gasteiger partial charge in [-0.2, -0.15) is 0 Å². The number of amides is 2. The number of hydrogen-bond acceptors (Lipinski definition) is 3. The Bertz CT molecular complexity index is 645. The highest BCUT2D eigenvalue weighted by atomic mass is 79.9. The van der Waals surface area contributed by atoms with E-state index in [9.17, 15) is 9.59 Å². The number of pyridine rings is 1. The third-order valence-corrected chi connectivity index (χ3v) is 3.69. The smallest absolute Gasteiger partial charge is 0.252 e. The van der Waals surface area contributed by atoms with Gasteiger partial charge >= 0.3 is 0 Å². The third kappa shape index (κ3) is 6.20. The molecule has 0 saturated heterocycles. The topological polar surface area (TPSA) is 71.1 Å². The number of nitrogens with one attached hydrogen (secondary N) is 2. The van der Waals surface area contributed by atoms with Crippen molar-refractivity contribution < 1.29 is 9.59 Å². The number of carbonyl (C=O) groups excluding carboxylic acids is 2. The molecule has 2 amide bonds. The zero-order valence-corrected chi connectivity index (χ0v) is 14.2. The van der Waals surface area contributed by atoms with Gasteiger partial charge in [-0.05, 0) is 36.2 Å². The molecule has 1 aromatic heterocycles. The predicted octanol–water partition coefficient (Wildman–Crippen LogP) is 2.32. The van der Waals surface area contributed by atoms with Crippen LogP contribution in [-0.4, -0.2) is 29.9 Å². The molecular weight excluding hydrogens is 358 g/mol. The largest absolute Gasteiger partial charge is 0.356 e. The fourth-order valence-corrected chi connectivity index (χ4v) is 2.23. The first-order valence-corrected chi connectivity index (χ1v) is 8.14. The van der Waals surface area contributed by atoms with Crippen LogP contribution >= 0.6 is 15.9 Å². The molecule has 0 unspecified atom stereocenters. The molecule has 0 aliphatic heterocycles. The van der Waals surface area contributed by atoms with Gasteiger partial charge in [-0.25, -0.2) is 0 Å². The van der Waals surface area contributed by atoms with Crippen LogP contribution in [-0.2, 0) is 11.2 Å². The van der Waals surface area contributed by atoms with Crippen molar-refractivity contribution in [1.82, 2.24) is 15.6 Å². The van der Waals surface area contributed by atoms with Gasteiger partial charge in [0.25, 0.3) is 5.91 Å². The average Bonchev–Trinajstić information content (AvgIpc) is 2.57. The summed E-state index contributed by atoms with van der Waals surface area (Å²) in [6, 6.07) is 11.1. The maximum Gasteiger partial charge on any atom is 0.252 e. The van der Waals surface area contributed by atoms with Gasteiger partial charge in [0.05, 0.1) is 12.0 Å². The molecule has 1 heterocycles. The summed E-state index contributed by atoms with van der Waals surface area (Å²) in [4.78, 5) is 27.5. The minimum atomic E-state index is -0.153. The summed E-state index contributed by atoms with van der Waals surface area (Å²) < 4.78 is 0.992. The lowest BCUT2D eigenvalue weighted by Crippen LogP contribution is -2.30. The van der Waals surface area contributed by atoms with Crippen LogP contribution in [0.5, 0.6) is 0 Å². The molecular formula is C17H18BrN3O2. The normalized spacial score (nSPS) is 10.1. The van der Waals surface area contributed by atoms with Crippen molar-refractivity contribution in [3.63, 3.8) is 0 Å². The number of halogens is 1. The second-order valence-corrected chi connectivity index (χ2v) is 5.92. The molecule has 0 atom stereocenters. The summed E-state index contributed by atoms with van der Waals surface area (Å²) in [5.41, 5.74) is 1.50. The summed E-state index contributed by atoms with van der Waals surface area (Å²) in [6.07, 6.45) is 4.18. The minimum absolute atomic E-state index is 0.0223. The Morgan fingerprint density at radius 1 is 1.04 bits per heavy atom. The van der Waals surface area contributed by atoms with Gasteiger partial charge in [-0.15, -0.1) is 0 Å². The van der Waals surface area contributed by atoms with Crippen LogP contribution in [0.3, 0.4) is 0 Å². The van der Waals surface area contributed by atoms with Crippen molar-refractivity contribution in [2.45, 2.75) is 12.8 Å². The molecule has 120 valence electrons. The van der Waals surface area contributed by atoms with Crippen LogP contribution in [0.4, 0.5) is 0 Å². The van der Waals surface area contributed by atoms with Crippen molar-refractivity contribution in [3.05, 3.63) is 64.4 Å². The second kappa shape index (κ2) is 9.05. The monoisotopic (exact) mass is 375 g/mol. The number of aromatic nitrogens is 1. The lowest BCUT2D eigenvalue weighted by Gasteiger charge is -2.07. The molecule has 0 radical (unpaired) electrons. The Labute approximate surface area is 143 Å². The fourth-order valence-electron chi connectivity index (χ4n) is 1.97. The molecule has 0 aliphatic rings. The molecule has 6 heteroatoms. The van der Waals surface area contributed by atoms with Crippen LogP contribution in [0.2, 0.25) is 0 Å². The molecule has 0 fully saturated rings. The molecule has 1 aromatic carbocycles. The van der Waals surface area contributed by atoms with E-state index in [1.165, 1.54) is 6.20 Å². The van der Waals surface area contributed by atoms with Crippen molar-refractivity contribution in [1.29, 1.82) is 0 Å². The number of hydrogen-bond donors (Lipinski definition) is 2. The first-order valence-electron chi connectivity index (χ1n) is 7.34. The lowest BCUT2D eigenvalue weighted by molar-refractivity contribution is -0.120. The summed E-state index contributed by atoms with van der Waals surface area (Å²) in [7, 11) is 0. The molecule has 2 N–H and O–H groups in total. The lowest BCUT2D eigenvalue weighted by atomic mass is 10.1. The molecule has 0 saturated carbocycles. The van der Waals surface area contributed by atoms with Crippen LogP contribution in [0, 0.1) is 0 Å². The van der Waals surface area contributed by atoms with Crippen LogP contribution in [0.15, 0.2) is 53.3 Å². The Balaban J connectivity index is 1.61. The van der Waals surface area contributed by atoms with Crippen LogP contribution in [0.25, 0.3) is 0 Å². The highest BCUT2D eigenvalue weighted by Crippen LogP contribution is 2.10. The molecule has 2 rings (SSSR count). The Morgan fingerprint density at radius 3 is 2.48 bits per heavy atom. The van der Waals surface area contributed by atoms with Gasteiger partial charge in [-0.3, -0.25) is 14.6 Å². The quantitative estimate of drug-likeness (QED) is 0.729. The average molecular weight is 376 g/mol. The Morgan fingerprint density at radius 2 is 1.78 bits per heavy atom. The number of rotatable bonds is 7. The van der Waals surface area contributed by atoms with Crippen LogP contribution < -0.4 is 10.6 Å². The molecule has 2 aromatic rings. The van der Waals surface area contributed by atoms with Crippen LogP contribution in [0.1, 0.15) is 22.3 Å². The van der Waals surface area contributed by atoms with E-state index in [0.717, 1.165) is 10.0 Å². The van der Waals surface area contributed by atoms with Crippen molar-refractivity contribution in [2.24, 2.45) is 0 Å². The maximum absolute atomic E-state index is 11.8. The van der Waals surface area contributed by atoms with E-state index in [1.54, 1.807) is 18.3 Å². The van der Waals surface area contributed by atoms with Gasteiger partial charge in [0.2, 0.25) is 5.91 Å². The van der Waals surface area contributed by atoms with E-state index in [0.29, 0.717) is 31.5 Å². The third-order valence-electron chi connectivity index (χ3n) is 3.16. The van der Waals surface area contributed by atoms with E-state index in [-0.39, 0.29) is 11.8 Å². The SMILES string of the molecule is O=C(Cc1ccc(Br)cc1)NCCCNC(=O)c1cccnc1. The summed E-state index contributed by atoms with van der Waals surface area (Å²) in [6.45, 7) is 1.04. The van der Waals surface area contributed by atoms with E-state index in [4.69, 9.17) is 0 Å². The Hall–Kier alpha value is -2.21. The van der Waals surface area contributed by atoms with Gasteiger partial charge in [0.1, 0.15) is 0 Å². The fraction of sp³-hybridized carbons (Fsp3) is 0.235. The van der Waals surface area contributed by atoms with E-state index < -0.39 is 0 Å². The first kappa shape index (κ1) is 17.1. The summed E-state index contributed by atoms with van der Waals surface area (Å²) >= 11 is 3.36. The van der Waals surface area contributed by atoms with Gasteiger partial charge in [0.15, 0.2) is 0 Å². The molecule has 5 nitrogen and oxygen atoms in total. The molecule has 0 aliphatic carbocycles. The van der Waals surface area contributed by atoms with Crippen molar-refractivity contribution in [3.8, 4) is 0 Å². The van der Waals surface area contributed by atoms with Gasteiger partial charge in [0, 0.05) is 30.0 Å². The molecule has 0 bridgehead atoms. The zero-order chi connectivity index (χ0) is 16.5. The second-order valence-electron chi connectivity index (χ2n) is 5.00. The predicted molar refractivity (Wildman–Crippen MR) is 92.0 cm³/mol. The van der Waals surface area contributed by atoms with Crippen molar-refractivity contribution >= 4 is 27.7 Å². The highest BCUT2D eigenvalue weighted by molar-refractivity contribution is 9.10. The standard InChI is InChI=1S/C17H18BrN3O2/c18-15-6-4-13(5-7-15)11-16(22)20-9-2-10-21-17(23)14-3-1-8-19-12-14/h1,3-8,12H,2,9-11H2,(H,20,22)(H,21,23). The highest BCUT2D eigenvalue weighted by Gasteiger charge is 2.05. The van der Waals surface area contributed by atoms with Gasteiger partial charge in [-0.1, -0.05) is 28.1 Å². The zero-order valence-electron chi connectivity index (χ0n) is 12.6. The molecule has 23 heavy (non-hydrogen) atoms. The maximum atomic E-state index is 11.8. The number of carbonyl (C=O) groups is 2.